The van der Waals surface area contributed by atoms with Gasteiger partial charge in [-0.3, -0.25) is 4.99 Å². The van der Waals surface area contributed by atoms with Crippen molar-refractivity contribution >= 4 is 5.96 Å². The minimum Gasteiger partial charge on any atom is -0.494 e. The molecule has 0 bridgehead atoms. The van der Waals surface area contributed by atoms with E-state index in [0.29, 0.717) is 19.1 Å². The largest absolute Gasteiger partial charge is 0.494 e. The molecule has 0 amide bonds. The number of nitrogens with zero attached hydrogens (tertiary/aromatic N) is 2. The normalized spacial score (nSPS) is 17.2. The second-order valence-corrected chi connectivity index (χ2v) is 6.81. The zero-order chi connectivity index (χ0) is 17.9. The first-order valence-corrected chi connectivity index (χ1v) is 9.60. The van der Waals surface area contributed by atoms with Gasteiger partial charge in [0.05, 0.1) is 6.61 Å². The smallest absolute Gasteiger partial charge is 0.191 e. The molecule has 140 valence electrons. The van der Waals surface area contributed by atoms with Crippen molar-refractivity contribution in [2.75, 3.05) is 39.8 Å². The van der Waals surface area contributed by atoms with Crippen LogP contribution in [0.25, 0.3) is 0 Å². The first-order chi connectivity index (χ1) is 12.2. The summed E-state index contributed by atoms with van der Waals surface area (Å²) in [5.74, 6) is 2.38. The van der Waals surface area contributed by atoms with Crippen LogP contribution in [0.1, 0.15) is 38.7 Å². The summed E-state index contributed by atoms with van der Waals surface area (Å²) >= 11 is 0. The zero-order valence-corrected chi connectivity index (χ0v) is 16.1. The highest BCUT2D eigenvalue weighted by Crippen LogP contribution is 2.17. The molecular formula is C20H34N4O. The number of benzene rings is 1. The summed E-state index contributed by atoms with van der Waals surface area (Å²) in [6, 6.07) is 8.14. The van der Waals surface area contributed by atoms with Crippen molar-refractivity contribution in [2.45, 2.75) is 39.7 Å². The summed E-state index contributed by atoms with van der Waals surface area (Å²) in [4.78, 5) is 6.93. The highest BCUT2D eigenvalue weighted by atomic mass is 16.5. The first-order valence-electron chi connectivity index (χ1n) is 9.60. The number of ether oxygens (including phenoxy) is 1. The molecule has 5 nitrogen and oxygen atoms in total. The van der Waals surface area contributed by atoms with Gasteiger partial charge in [-0.25, -0.2) is 0 Å². The van der Waals surface area contributed by atoms with Crippen LogP contribution in [0.15, 0.2) is 29.3 Å². The third-order valence-corrected chi connectivity index (χ3v) is 4.58. The molecule has 1 atom stereocenters. The van der Waals surface area contributed by atoms with Crippen molar-refractivity contribution in [1.82, 2.24) is 15.5 Å². The molecule has 25 heavy (non-hydrogen) atoms. The average molecular weight is 347 g/mol. The van der Waals surface area contributed by atoms with Crippen LogP contribution < -0.4 is 15.4 Å². The van der Waals surface area contributed by atoms with Crippen LogP contribution in [0.5, 0.6) is 5.75 Å². The van der Waals surface area contributed by atoms with Crippen molar-refractivity contribution < 1.29 is 4.74 Å². The van der Waals surface area contributed by atoms with Gasteiger partial charge in [0.15, 0.2) is 5.96 Å². The maximum atomic E-state index is 5.68. The maximum Gasteiger partial charge on any atom is 0.191 e. The molecule has 1 aromatic rings. The Balaban J connectivity index is 1.75. The lowest BCUT2D eigenvalue weighted by Gasteiger charge is -2.29. The van der Waals surface area contributed by atoms with Gasteiger partial charge in [-0.2, -0.15) is 0 Å². The Kier molecular flexibility index (Phi) is 8.60. The van der Waals surface area contributed by atoms with Crippen molar-refractivity contribution in [2.24, 2.45) is 10.9 Å². The minimum absolute atomic E-state index is 0.604. The molecule has 1 saturated heterocycles. The highest BCUT2D eigenvalue weighted by Gasteiger charge is 2.13. The van der Waals surface area contributed by atoms with Crippen molar-refractivity contribution in [1.29, 1.82) is 0 Å². The van der Waals surface area contributed by atoms with Crippen molar-refractivity contribution in [3.05, 3.63) is 29.8 Å². The van der Waals surface area contributed by atoms with Gasteiger partial charge in [-0.15, -0.1) is 0 Å². The van der Waals surface area contributed by atoms with Crippen molar-refractivity contribution in [3.8, 4) is 5.75 Å². The molecule has 0 aromatic heterocycles. The van der Waals surface area contributed by atoms with E-state index in [1.807, 2.05) is 32.2 Å². The molecule has 2 rings (SSSR count). The number of hydrogen-bond acceptors (Lipinski definition) is 3. The standard InChI is InChI=1S/C20H34N4O/c1-4-25-19-11-7-6-10-18(19)15-23-20(21-3)22-14-17(2)16-24-12-8-5-9-13-24/h6-7,10-11,17H,4-5,8-9,12-16H2,1-3H3,(H2,21,22,23). The molecule has 1 aliphatic rings. The number of rotatable bonds is 8. The van der Waals surface area contributed by atoms with Crippen LogP contribution in [-0.2, 0) is 6.54 Å². The van der Waals surface area contributed by atoms with Crippen LogP contribution in [0.4, 0.5) is 0 Å². The molecule has 1 aliphatic heterocycles. The Morgan fingerprint density at radius 3 is 2.68 bits per heavy atom. The van der Waals surface area contributed by atoms with E-state index in [9.17, 15) is 0 Å². The highest BCUT2D eigenvalue weighted by molar-refractivity contribution is 5.79. The van der Waals surface area contributed by atoms with Gasteiger partial charge in [0.25, 0.3) is 0 Å². The number of piperidine rings is 1. The molecule has 5 heteroatoms. The third-order valence-electron chi connectivity index (χ3n) is 4.58. The predicted molar refractivity (Wildman–Crippen MR) is 105 cm³/mol. The lowest BCUT2D eigenvalue weighted by Crippen LogP contribution is -2.42. The monoisotopic (exact) mass is 346 g/mol. The van der Waals surface area contributed by atoms with E-state index >= 15 is 0 Å². The topological polar surface area (TPSA) is 48.9 Å². The third kappa shape index (κ3) is 6.94. The van der Waals surface area contributed by atoms with Gasteiger partial charge in [0, 0.05) is 32.2 Å². The summed E-state index contributed by atoms with van der Waals surface area (Å²) in [7, 11) is 1.82. The van der Waals surface area contributed by atoms with E-state index in [-0.39, 0.29) is 0 Å². The Bertz CT molecular complexity index is 526. The van der Waals surface area contributed by atoms with Gasteiger partial charge >= 0.3 is 0 Å². The first kappa shape index (κ1) is 19.6. The van der Waals surface area contributed by atoms with Gasteiger partial charge in [0.2, 0.25) is 0 Å². The molecule has 0 saturated carbocycles. The molecule has 1 heterocycles. The molecule has 0 radical (unpaired) electrons. The number of aliphatic imine (C=N–C) groups is 1. The van der Waals surface area contributed by atoms with Crippen LogP contribution >= 0.6 is 0 Å². The van der Waals surface area contributed by atoms with Gasteiger partial charge < -0.3 is 20.3 Å². The van der Waals surface area contributed by atoms with Crippen molar-refractivity contribution in [3.63, 3.8) is 0 Å². The van der Waals surface area contributed by atoms with Crippen LogP contribution in [0.3, 0.4) is 0 Å². The van der Waals surface area contributed by atoms with Gasteiger partial charge in [-0.1, -0.05) is 31.5 Å². The molecule has 0 spiro atoms. The summed E-state index contributed by atoms with van der Waals surface area (Å²) in [6.07, 6.45) is 4.09. The van der Waals surface area contributed by atoms with E-state index in [2.05, 4.69) is 33.5 Å². The fourth-order valence-electron chi connectivity index (χ4n) is 3.26. The summed E-state index contributed by atoms with van der Waals surface area (Å²) in [6.45, 7) is 10.3. The van der Waals surface area contributed by atoms with E-state index in [1.165, 1.54) is 32.4 Å². The fourth-order valence-corrected chi connectivity index (χ4v) is 3.26. The number of guanidine groups is 1. The molecule has 1 aromatic carbocycles. The number of likely N-dealkylation sites (tertiary alicyclic amines) is 1. The Morgan fingerprint density at radius 2 is 1.96 bits per heavy atom. The van der Waals surface area contributed by atoms with E-state index in [4.69, 9.17) is 4.74 Å². The van der Waals surface area contributed by atoms with E-state index in [1.54, 1.807) is 0 Å². The maximum absolute atomic E-state index is 5.68. The summed E-state index contributed by atoms with van der Waals surface area (Å²) in [5, 5.41) is 6.84. The molecular weight excluding hydrogens is 312 g/mol. The predicted octanol–water partition coefficient (Wildman–Crippen LogP) is 2.87. The summed E-state index contributed by atoms with van der Waals surface area (Å²) in [5.41, 5.74) is 1.15. The van der Waals surface area contributed by atoms with E-state index < -0.39 is 0 Å². The van der Waals surface area contributed by atoms with Crippen LogP contribution in [-0.4, -0.2) is 50.7 Å². The number of hydrogen-bond donors (Lipinski definition) is 2. The lowest BCUT2D eigenvalue weighted by molar-refractivity contribution is 0.201. The Morgan fingerprint density at radius 1 is 1.20 bits per heavy atom. The summed E-state index contributed by atoms with van der Waals surface area (Å²) < 4.78 is 5.68. The molecule has 0 aliphatic carbocycles. The fraction of sp³-hybridized carbons (Fsp3) is 0.650. The van der Waals surface area contributed by atoms with Gasteiger partial charge in [0.1, 0.15) is 5.75 Å². The second-order valence-electron chi connectivity index (χ2n) is 6.81. The van der Waals surface area contributed by atoms with Crippen LogP contribution in [0.2, 0.25) is 0 Å². The lowest BCUT2D eigenvalue weighted by atomic mass is 10.1. The molecule has 1 unspecified atom stereocenters. The molecule has 1 fully saturated rings. The Hall–Kier alpha value is -1.75. The SMILES string of the molecule is CCOc1ccccc1CNC(=NC)NCC(C)CN1CCCCC1. The zero-order valence-electron chi connectivity index (χ0n) is 16.1. The minimum atomic E-state index is 0.604. The Labute approximate surface area is 152 Å². The average Bonchev–Trinajstić information content (AvgIpc) is 2.64. The number of para-hydroxylation sites is 1. The molecule has 2 N–H and O–H groups in total. The van der Waals surface area contributed by atoms with Gasteiger partial charge in [-0.05, 0) is 44.8 Å². The quantitative estimate of drug-likeness (QED) is 0.561. The van der Waals surface area contributed by atoms with E-state index in [0.717, 1.165) is 30.4 Å². The second kappa shape index (κ2) is 11.0. The van der Waals surface area contributed by atoms with Crippen LogP contribution in [0, 0.1) is 5.92 Å². The number of nitrogens with one attached hydrogen (secondary N) is 2.